The summed E-state index contributed by atoms with van der Waals surface area (Å²) < 4.78 is 1.54. The fourth-order valence-electron chi connectivity index (χ4n) is 3.16. The average Bonchev–Trinajstić information content (AvgIpc) is 2.62. The Morgan fingerprint density at radius 3 is 2.48 bits per heavy atom. The molecule has 0 unspecified atom stereocenters. The van der Waals surface area contributed by atoms with Crippen molar-refractivity contribution in [2.75, 3.05) is 0 Å². The van der Waals surface area contributed by atoms with E-state index in [0.29, 0.717) is 16.7 Å². The Morgan fingerprint density at radius 2 is 1.76 bits per heavy atom. The van der Waals surface area contributed by atoms with Crippen molar-refractivity contribution >= 4 is 21.8 Å². The molecule has 0 bridgehead atoms. The van der Waals surface area contributed by atoms with Crippen LogP contribution in [0.3, 0.4) is 0 Å². The Morgan fingerprint density at radius 1 is 1.00 bits per heavy atom. The Balaban J connectivity index is 2.22. The Hall–Kier alpha value is -3.21. The fraction of sp³-hybridized carbons (Fsp3) is 0.150. The summed E-state index contributed by atoms with van der Waals surface area (Å²) in [5, 5.41) is 0.672. The first-order chi connectivity index (χ1) is 12.1. The largest absolute Gasteiger partial charge is 0.354 e. The molecule has 1 aromatic carbocycles. The lowest BCUT2D eigenvalue weighted by Crippen LogP contribution is -2.27. The third-order valence-corrected chi connectivity index (χ3v) is 4.37. The number of aromatic nitrogens is 3. The predicted molar refractivity (Wildman–Crippen MR) is 99.6 cm³/mol. The minimum atomic E-state index is -0.341. The lowest BCUT2D eigenvalue weighted by atomic mass is 10.1. The Bertz CT molecular complexity index is 1200. The number of nitrogens with zero attached hydrogens (tertiary/aromatic N) is 2. The van der Waals surface area contributed by atoms with Gasteiger partial charge in [0.2, 0.25) is 5.43 Å². The highest BCUT2D eigenvalue weighted by Crippen LogP contribution is 2.20. The maximum absolute atomic E-state index is 13.2. The second-order valence-electron chi connectivity index (χ2n) is 6.34. The van der Waals surface area contributed by atoms with Crippen molar-refractivity contribution in [1.29, 1.82) is 0 Å². The van der Waals surface area contributed by atoms with Gasteiger partial charge in [-0.25, -0.2) is 4.98 Å². The van der Waals surface area contributed by atoms with E-state index in [-0.39, 0.29) is 22.3 Å². The number of hydrogen-bond donors (Lipinski definition) is 1. The van der Waals surface area contributed by atoms with Crippen molar-refractivity contribution in [1.82, 2.24) is 14.5 Å². The highest BCUT2D eigenvalue weighted by atomic mass is 16.1. The molecular formula is C20H17N3O2. The van der Waals surface area contributed by atoms with Gasteiger partial charge in [0.1, 0.15) is 11.2 Å². The first-order valence-corrected chi connectivity index (χ1v) is 8.20. The molecule has 3 heterocycles. The van der Waals surface area contributed by atoms with Gasteiger partial charge in [0.25, 0.3) is 5.56 Å². The Labute approximate surface area is 143 Å². The second-order valence-corrected chi connectivity index (χ2v) is 6.34. The number of nitrogens with one attached hydrogen (secondary N) is 1. The topological polar surface area (TPSA) is 67.8 Å². The number of pyridine rings is 3. The lowest BCUT2D eigenvalue weighted by molar-refractivity contribution is 0.753. The standard InChI is InChI=1S/C20H17N3O2/c1-12(2)16-11-15-18(19(24)13-7-3-4-8-14(13)22-15)20(25)23(16)17-9-5-6-10-21-17/h3-12H,1-2H3,(H,22,24). The van der Waals surface area contributed by atoms with Crippen molar-refractivity contribution < 1.29 is 0 Å². The zero-order valence-corrected chi connectivity index (χ0v) is 14.0. The first-order valence-electron chi connectivity index (χ1n) is 8.20. The third-order valence-electron chi connectivity index (χ3n) is 4.37. The van der Waals surface area contributed by atoms with Crippen LogP contribution in [0.4, 0.5) is 0 Å². The summed E-state index contributed by atoms with van der Waals surface area (Å²) in [7, 11) is 0. The van der Waals surface area contributed by atoms with Gasteiger partial charge in [-0.15, -0.1) is 0 Å². The number of fused-ring (bicyclic) bond motifs is 2. The van der Waals surface area contributed by atoms with E-state index < -0.39 is 0 Å². The molecule has 0 atom stereocenters. The summed E-state index contributed by atoms with van der Waals surface area (Å²) >= 11 is 0. The smallest absolute Gasteiger partial charge is 0.269 e. The van der Waals surface area contributed by atoms with Crippen molar-refractivity contribution in [3.8, 4) is 5.82 Å². The number of aromatic amines is 1. The van der Waals surface area contributed by atoms with Crippen LogP contribution in [-0.4, -0.2) is 14.5 Å². The van der Waals surface area contributed by atoms with Crippen LogP contribution in [0.1, 0.15) is 25.5 Å². The van der Waals surface area contributed by atoms with Crippen LogP contribution in [0.25, 0.3) is 27.6 Å². The van der Waals surface area contributed by atoms with Crippen LogP contribution in [0, 0.1) is 0 Å². The van der Waals surface area contributed by atoms with Crippen LogP contribution in [0.15, 0.2) is 64.3 Å². The SMILES string of the molecule is CC(C)c1cc2[nH]c3ccccc3c(=O)c2c(=O)n1-c1ccccn1. The zero-order valence-electron chi connectivity index (χ0n) is 14.0. The van der Waals surface area contributed by atoms with Crippen molar-refractivity contribution in [2.45, 2.75) is 19.8 Å². The van der Waals surface area contributed by atoms with E-state index >= 15 is 0 Å². The van der Waals surface area contributed by atoms with Gasteiger partial charge >= 0.3 is 0 Å². The van der Waals surface area contributed by atoms with Gasteiger partial charge in [-0.3, -0.25) is 14.2 Å². The van der Waals surface area contributed by atoms with Crippen molar-refractivity contribution in [3.63, 3.8) is 0 Å². The monoisotopic (exact) mass is 331 g/mol. The predicted octanol–water partition coefficient (Wildman–Crippen LogP) is 3.35. The zero-order chi connectivity index (χ0) is 17.6. The van der Waals surface area contributed by atoms with E-state index in [1.165, 1.54) is 4.57 Å². The maximum atomic E-state index is 13.2. The summed E-state index contributed by atoms with van der Waals surface area (Å²) in [6.07, 6.45) is 1.64. The highest BCUT2D eigenvalue weighted by Gasteiger charge is 2.17. The molecule has 124 valence electrons. The summed E-state index contributed by atoms with van der Waals surface area (Å²) in [4.78, 5) is 33.7. The molecule has 5 nitrogen and oxygen atoms in total. The molecule has 0 aliphatic carbocycles. The average molecular weight is 331 g/mol. The minimum Gasteiger partial charge on any atom is -0.354 e. The first kappa shape index (κ1) is 15.3. The van der Waals surface area contributed by atoms with Gasteiger partial charge in [0, 0.05) is 22.8 Å². The quantitative estimate of drug-likeness (QED) is 0.573. The highest BCUT2D eigenvalue weighted by molar-refractivity contribution is 5.92. The van der Waals surface area contributed by atoms with Crippen LogP contribution < -0.4 is 11.0 Å². The summed E-state index contributed by atoms with van der Waals surface area (Å²) in [5.41, 5.74) is 1.50. The third kappa shape index (κ3) is 2.36. The van der Waals surface area contributed by atoms with Crippen LogP contribution in [0.5, 0.6) is 0 Å². The number of benzene rings is 1. The van der Waals surface area contributed by atoms with Gasteiger partial charge in [-0.1, -0.05) is 32.0 Å². The van der Waals surface area contributed by atoms with Gasteiger partial charge in [-0.2, -0.15) is 0 Å². The van der Waals surface area contributed by atoms with Crippen molar-refractivity contribution in [3.05, 3.63) is 81.0 Å². The van der Waals surface area contributed by atoms with E-state index in [0.717, 1.165) is 11.2 Å². The summed E-state index contributed by atoms with van der Waals surface area (Å²) in [6.45, 7) is 4.03. The molecule has 3 aromatic heterocycles. The Kier molecular flexibility index (Phi) is 3.50. The van der Waals surface area contributed by atoms with Gasteiger partial charge in [-0.05, 0) is 36.2 Å². The molecule has 0 radical (unpaired) electrons. The van der Waals surface area contributed by atoms with E-state index in [2.05, 4.69) is 9.97 Å². The molecular weight excluding hydrogens is 314 g/mol. The van der Waals surface area contributed by atoms with Crippen LogP contribution in [-0.2, 0) is 0 Å². The molecule has 0 aliphatic heterocycles. The molecule has 0 aliphatic rings. The van der Waals surface area contributed by atoms with E-state index in [1.807, 2.05) is 38.1 Å². The number of para-hydroxylation sites is 1. The van der Waals surface area contributed by atoms with E-state index in [9.17, 15) is 9.59 Å². The molecule has 1 N–H and O–H groups in total. The van der Waals surface area contributed by atoms with E-state index in [1.54, 1.807) is 30.5 Å². The van der Waals surface area contributed by atoms with Gasteiger partial charge in [0.15, 0.2) is 0 Å². The maximum Gasteiger partial charge on any atom is 0.269 e. The normalized spacial score (nSPS) is 11.5. The molecule has 4 aromatic rings. The second kappa shape index (κ2) is 5.70. The molecule has 25 heavy (non-hydrogen) atoms. The molecule has 0 saturated carbocycles. The molecule has 4 rings (SSSR count). The number of H-pyrrole nitrogens is 1. The molecule has 0 saturated heterocycles. The van der Waals surface area contributed by atoms with E-state index in [4.69, 9.17) is 0 Å². The van der Waals surface area contributed by atoms with Crippen LogP contribution >= 0.6 is 0 Å². The summed E-state index contributed by atoms with van der Waals surface area (Å²) in [6, 6.07) is 14.5. The van der Waals surface area contributed by atoms with Gasteiger partial charge < -0.3 is 4.98 Å². The molecule has 0 spiro atoms. The number of rotatable bonds is 2. The van der Waals surface area contributed by atoms with Gasteiger partial charge in [0.05, 0.1) is 5.52 Å². The molecule has 5 heteroatoms. The van der Waals surface area contributed by atoms with Crippen molar-refractivity contribution in [2.24, 2.45) is 0 Å². The molecule has 0 fully saturated rings. The molecule has 0 amide bonds. The van der Waals surface area contributed by atoms with Crippen LogP contribution in [0.2, 0.25) is 0 Å². The minimum absolute atomic E-state index is 0.0917. The fourth-order valence-corrected chi connectivity index (χ4v) is 3.16. The number of hydrogen-bond acceptors (Lipinski definition) is 3. The summed E-state index contributed by atoms with van der Waals surface area (Å²) in [5.74, 6) is 0.611. The lowest BCUT2D eigenvalue weighted by Gasteiger charge is -2.16.